The zero-order valence-electron chi connectivity index (χ0n) is 11.3. The van der Waals surface area contributed by atoms with E-state index in [1.165, 1.54) is 0 Å². The molecule has 19 heavy (non-hydrogen) atoms. The molecular formula is C15H21ClN2O. The van der Waals surface area contributed by atoms with Crippen LogP contribution in [0.4, 0.5) is 0 Å². The Hall–Kier alpha value is -0.900. The van der Waals surface area contributed by atoms with Crippen LogP contribution in [0.25, 0.3) is 0 Å². The molecule has 0 spiro atoms. The van der Waals surface area contributed by atoms with E-state index in [0.717, 1.165) is 38.0 Å². The molecule has 104 valence electrons. The number of halogens is 1. The molecule has 1 atom stereocenters. The van der Waals surface area contributed by atoms with Gasteiger partial charge in [0, 0.05) is 17.6 Å². The Morgan fingerprint density at radius 2 is 1.95 bits per heavy atom. The van der Waals surface area contributed by atoms with E-state index in [-0.39, 0.29) is 11.7 Å². The number of hydrogen-bond donors (Lipinski definition) is 1. The highest BCUT2D eigenvalue weighted by molar-refractivity contribution is 6.30. The van der Waals surface area contributed by atoms with Crippen molar-refractivity contribution in [1.29, 1.82) is 0 Å². The van der Waals surface area contributed by atoms with Crippen LogP contribution in [0.3, 0.4) is 0 Å². The van der Waals surface area contributed by atoms with Gasteiger partial charge in [-0.3, -0.25) is 4.79 Å². The standard InChI is InChI=1S/C15H21ClN2O/c1-11(19)15(12-2-4-13(16)5-3-12)10-18-8-6-14(17)7-9-18/h2-5,14-15H,6-10,17H2,1H3. The van der Waals surface area contributed by atoms with Gasteiger partial charge in [-0.25, -0.2) is 0 Å². The zero-order chi connectivity index (χ0) is 13.8. The van der Waals surface area contributed by atoms with Gasteiger partial charge < -0.3 is 10.6 Å². The fraction of sp³-hybridized carbons (Fsp3) is 0.533. The van der Waals surface area contributed by atoms with Gasteiger partial charge in [0.05, 0.1) is 5.92 Å². The van der Waals surface area contributed by atoms with E-state index in [1.807, 2.05) is 24.3 Å². The Labute approximate surface area is 119 Å². The Morgan fingerprint density at radius 3 is 2.47 bits per heavy atom. The molecule has 2 N–H and O–H groups in total. The van der Waals surface area contributed by atoms with E-state index in [4.69, 9.17) is 17.3 Å². The van der Waals surface area contributed by atoms with Crippen molar-refractivity contribution in [2.24, 2.45) is 5.73 Å². The minimum atomic E-state index is -0.0633. The number of carbonyl (C=O) groups is 1. The average Bonchev–Trinajstić information content (AvgIpc) is 2.39. The second-order valence-electron chi connectivity index (χ2n) is 5.35. The lowest BCUT2D eigenvalue weighted by Gasteiger charge is -2.32. The highest BCUT2D eigenvalue weighted by atomic mass is 35.5. The molecule has 0 bridgehead atoms. The lowest BCUT2D eigenvalue weighted by atomic mass is 9.93. The Bertz CT molecular complexity index is 424. The van der Waals surface area contributed by atoms with Crippen LogP contribution in [-0.4, -0.2) is 36.4 Å². The molecule has 1 aliphatic rings. The third-order valence-corrected chi connectivity index (χ3v) is 4.09. The number of nitrogens with two attached hydrogens (primary N) is 1. The van der Waals surface area contributed by atoms with Gasteiger partial charge in [0.15, 0.2) is 0 Å². The number of nitrogens with zero attached hydrogens (tertiary/aromatic N) is 1. The summed E-state index contributed by atoms with van der Waals surface area (Å²) < 4.78 is 0. The molecule has 2 rings (SSSR count). The van der Waals surface area contributed by atoms with Gasteiger partial charge in [0.1, 0.15) is 5.78 Å². The maximum absolute atomic E-state index is 11.9. The average molecular weight is 281 g/mol. The molecule has 1 aromatic rings. The maximum Gasteiger partial charge on any atom is 0.138 e. The summed E-state index contributed by atoms with van der Waals surface area (Å²) in [5.74, 6) is 0.142. The largest absolute Gasteiger partial charge is 0.328 e. The lowest BCUT2D eigenvalue weighted by Crippen LogP contribution is -2.42. The maximum atomic E-state index is 11.9. The summed E-state index contributed by atoms with van der Waals surface area (Å²) in [5.41, 5.74) is 6.95. The van der Waals surface area contributed by atoms with Gasteiger partial charge in [0.25, 0.3) is 0 Å². The van der Waals surface area contributed by atoms with Crippen molar-refractivity contribution in [3.05, 3.63) is 34.9 Å². The zero-order valence-corrected chi connectivity index (χ0v) is 12.1. The van der Waals surface area contributed by atoms with Crippen LogP contribution in [0, 0.1) is 0 Å². The van der Waals surface area contributed by atoms with Crippen LogP contribution in [0.2, 0.25) is 5.02 Å². The quantitative estimate of drug-likeness (QED) is 0.921. The number of ketones is 1. The smallest absolute Gasteiger partial charge is 0.138 e. The second kappa shape index (κ2) is 6.51. The third kappa shape index (κ3) is 4.03. The molecule has 1 unspecified atom stereocenters. The predicted octanol–water partition coefficient (Wildman–Crippen LogP) is 2.44. The monoisotopic (exact) mass is 280 g/mol. The number of piperidine rings is 1. The summed E-state index contributed by atoms with van der Waals surface area (Å²) in [6, 6.07) is 7.91. The minimum Gasteiger partial charge on any atom is -0.328 e. The highest BCUT2D eigenvalue weighted by Gasteiger charge is 2.23. The Balaban J connectivity index is 2.04. The van der Waals surface area contributed by atoms with Gasteiger partial charge >= 0.3 is 0 Å². The third-order valence-electron chi connectivity index (χ3n) is 3.84. The van der Waals surface area contributed by atoms with Crippen molar-refractivity contribution in [2.75, 3.05) is 19.6 Å². The highest BCUT2D eigenvalue weighted by Crippen LogP contribution is 2.22. The van der Waals surface area contributed by atoms with Crippen molar-refractivity contribution in [3.8, 4) is 0 Å². The number of likely N-dealkylation sites (tertiary alicyclic amines) is 1. The first kappa shape index (κ1) is 14.5. The van der Waals surface area contributed by atoms with Gasteiger partial charge in [-0.15, -0.1) is 0 Å². The van der Waals surface area contributed by atoms with Crippen LogP contribution in [0.5, 0.6) is 0 Å². The molecule has 1 aliphatic heterocycles. The molecule has 0 amide bonds. The molecule has 1 heterocycles. The van der Waals surface area contributed by atoms with Crippen molar-refractivity contribution < 1.29 is 4.79 Å². The molecular weight excluding hydrogens is 260 g/mol. The molecule has 1 saturated heterocycles. The SMILES string of the molecule is CC(=O)C(CN1CCC(N)CC1)c1ccc(Cl)cc1. The molecule has 3 nitrogen and oxygen atoms in total. The fourth-order valence-electron chi connectivity index (χ4n) is 2.56. The Morgan fingerprint density at radius 1 is 1.37 bits per heavy atom. The minimum absolute atomic E-state index is 0.0633. The topological polar surface area (TPSA) is 46.3 Å². The van der Waals surface area contributed by atoms with Gasteiger partial charge in [0.2, 0.25) is 0 Å². The molecule has 0 aliphatic carbocycles. The number of Topliss-reactive ketones (excluding diaryl/α,β-unsaturated/α-hetero) is 1. The first-order chi connectivity index (χ1) is 9.06. The summed E-state index contributed by atoms with van der Waals surface area (Å²) in [5, 5.41) is 0.704. The van der Waals surface area contributed by atoms with Crippen LogP contribution in [-0.2, 0) is 4.79 Å². The molecule has 1 aromatic carbocycles. The molecule has 0 saturated carbocycles. The number of benzene rings is 1. The Kier molecular flexibility index (Phi) is 4.97. The molecule has 1 fully saturated rings. The summed E-state index contributed by atoms with van der Waals surface area (Å²) in [7, 11) is 0. The van der Waals surface area contributed by atoms with E-state index in [2.05, 4.69) is 4.90 Å². The molecule has 0 aromatic heterocycles. The lowest BCUT2D eigenvalue weighted by molar-refractivity contribution is -0.118. The van der Waals surface area contributed by atoms with Crippen molar-refractivity contribution >= 4 is 17.4 Å². The first-order valence-electron chi connectivity index (χ1n) is 6.80. The number of carbonyl (C=O) groups excluding carboxylic acids is 1. The van der Waals surface area contributed by atoms with Crippen LogP contribution in [0.1, 0.15) is 31.2 Å². The second-order valence-corrected chi connectivity index (χ2v) is 5.79. The summed E-state index contributed by atoms with van der Waals surface area (Å²) in [6.07, 6.45) is 2.04. The summed E-state index contributed by atoms with van der Waals surface area (Å²) in [4.78, 5) is 14.2. The summed E-state index contributed by atoms with van der Waals surface area (Å²) >= 11 is 5.89. The first-order valence-corrected chi connectivity index (χ1v) is 7.18. The van der Waals surface area contributed by atoms with Crippen LogP contribution >= 0.6 is 11.6 Å². The van der Waals surface area contributed by atoms with Crippen LogP contribution in [0.15, 0.2) is 24.3 Å². The molecule has 4 heteroatoms. The number of hydrogen-bond acceptors (Lipinski definition) is 3. The number of rotatable bonds is 4. The van der Waals surface area contributed by atoms with Crippen molar-refractivity contribution in [3.63, 3.8) is 0 Å². The van der Waals surface area contributed by atoms with Gasteiger partial charge in [-0.05, 0) is 50.6 Å². The van der Waals surface area contributed by atoms with Crippen LogP contribution < -0.4 is 5.73 Å². The normalized spacial score (nSPS) is 19.3. The van der Waals surface area contributed by atoms with Crippen molar-refractivity contribution in [2.45, 2.75) is 31.7 Å². The molecule has 0 radical (unpaired) electrons. The van der Waals surface area contributed by atoms with E-state index < -0.39 is 0 Å². The fourth-order valence-corrected chi connectivity index (χ4v) is 2.68. The van der Waals surface area contributed by atoms with Crippen molar-refractivity contribution in [1.82, 2.24) is 4.90 Å². The summed E-state index contributed by atoms with van der Waals surface area (Å²) in [6.45, 7) is 4.41. The van der Waals surface area contributed by atoms with E-state index >= 15 is 0 Å². The van der Waals surface area contributed by atoms with Gasteiger partial charge in [-0.2, -0.15) is 0 Å². The van der Waals surface area contributed by atoms with E-state index in [0.29, 0.717) is 11.1 Å². The van der Waals surface area contributed by atoms with E-state index in [1.54, 1.807) is 6.92 Å². The van der Waals surface area contributed by atoms with E-state index in [9.17, 15) is 4.79 Å². The van der Waals surface area contributed by atoms with Gasteiger partial charge in [-0.1, -0.05) is 23.7 Å². The predicted molar refractivity (Wildman–Crippen MR) is 78.5 cm³/mol.